The highest BCUT2D eigenvalue weighted by Gasteiger charge is 2.38. The quantitative estimate of drug-likeness (QED) is 0.854. The van der Waals surface area contributed by atoms with Crippen LogP contribution in [0.3, 0.4) is 0 Å². The van der Waals surface area contributed by atoms with Gasteiger partial charge in [-0.15, -0.1) is 0 Å². The second-order valence-electron chi connectivity index (χ2n) is 5.86. The Labute approximate surface area is 116 Å². The van der Waals surface area contributed by atoms with Crippen LogP contribution in [0.5, 0.6) is 0 Å². The topological polar surface area (TPSA) is 60.0 Å². The van der Waals surface area contributed by atoms with Crippen molar-refractivity contribution in [2.24, 2.45) is 5.73 Å². The van der Waals surface area contributed by atoms with Crippen LogP contribution in [0.25, 0.3) is 0 Å². The SMILES string of the molecule is CCN(Cc1ncnn1C(C)C)C1(CN)CCCC1. The number of aromatic nitrogens is 3. The van der Waals surface area contributed by atoms with Crippen LogP contribution in [0.15, 0.2) is 6.33 Å². The minimum atomic E-state index is 0.183. The number of rotatable bonds is 6. The first-order chi connectivity index (χ1) is 9.13. The van der Waals surface area contributed by atoms with Crippen molar-refractivity contribution in [1.29, 1.82) is 0 Å². The monoisotopic (exact) mass is 265 g/mol. The van der Waals surface area contributed by atoms with E-state index in [0.29, 0.717) is 6.04 Å². The predicted molar refractivity (Wildman–Crippen MR) is 76.7 cm³/mol. The zero-order valence-corrected chi connectivity index (χ0v) is 12.5. The zero-order chi connectivity index (χ0) is 13.9. The second-order valence-corrected chi connectivity index (χ2v) is 5.86. The third-order valence-electron chi connectivity index (χ3n) is 4.44. The van der Waals surface area contributed by atoms with Crippen LogP contribution in [0, 0.1) is 0 Å². The smallest absolute Gasteiger partial charge is 0.141 e. The molecule has 5 heteroatoms. The fraction of sp³-hybridized carbons (Fsp3) is 0.857. The van der Waals surface area contributed by atoms with Crippen molar-refractivity contribution in [3.05, 3.63) is 12.2 Å². The fourth-order valence-corrected chi connectivity index (χ4v) is 3.29. The molecule has 0 radical (unpaired) electrons. The molecule has 2 rings (SSSR count). The van der Waals surface area contributed by atoms with E-state index in [4.69, 9.17) is 5.73 Å². The highest BCUT2D eigenvalue weighted by atomic mass is 15.4. The molecule has 0 spiro atoms. The molecule has 0 atom stereocenters. The molecule has 0 bridgehead atoms. The third kappa shape index (κ3) is 2.82. The van der Waals surface area contributed by atoms with Gasteiger partial charge in [0.1, 0.15) is 12.2 Å². The van der Waals surface area contributed by atoms with Gasteiger partial charge in [0.15, 0.2) is 0 Å². The van der Waals surface area contributed by atoms with Crippen LogP contribution in [-0.4, -0.2) is 38.3 Å². The van der Waals surface area contributed by atoms with Crippen LogP contribution in [0.4, 0.5) is 0 Å². The van der Waals surface area contributed by atoms with Gasteiger partial charge in [-0.2, -0.15) is 5.10 Å². The van der Waals surface area contributed by atoms with E-state index in [0.717, 1.165) is 25.5 Å². The molecule has 1 aromatic rings. The Kier molecular flexibility index (Phi) is 4.58. The van der Waals surface area contributed by atoms with Crippen LogP contribution in [0.1, 0.15) is 58.3 Å². The van der Waals surface area contributed by atoms with Crippen molar-refractivity contribution in [3.8, 4) is 0 Å². The van der Waals surface area contributed by atoms with Crippen molar-refractivity contribution < 1.29 is 0 Å². The summed E-state index contributed by atoms with van der Waals surface area (Å²) < 4.78 is 2.02. The molecular weight excluding hydrogens is 238 g/mol. The van der Waals surface area contributed by atoms with Gasteiger partial charge in [0.25, 0.3) is 0 Å². The van der Waals surface area contributed by atoms with E-state index in [1.165, 1.54) is 25.7 Å². The molecule has 1 heterocycles. The first kappa shape index (κ1) is 14.5. The molecule has 19 heavy (non-hydrogen) atoms. The van der Waals surface area contributed by atoms with Crippen LogP contribution in [-0.2, 0) is 6.54 Å². The van der Waals surface area contributed by atoms with Crippen molar-refractivity contribution in [2.75, 3.05) is 13.1 Å². The standard InChI is InChI=1S/C14H27N5/c1-4-18(14(10-15)7-5-6-8-14)9-13-16-11-17-19(13)12(2)3/h11-12H,4-10,15H2,1-3H3. The van der Waals surface area contributed by atoms with E-state index in [-0.39, 0.29) is 5.54 Å². The van der Waals surface area contributed by atoms with Gasteiger partial charge in [0.05, 0.1) is 6.54 Å². The number of hydrogen-bond acceptors (Lipinski definition) is 4. The Bertz CT molecular complexity index is 392. The van der Waals surface area contributed by atoms with Gasteiger partial charge in [-0.05, 0) is 33.2 Å². The van der Waals surface area contributed by atoms with Crippen molar-refractivity contribution >= 4 is 0 Å². The van der Waals surface area contributed by atoms with Gasteiger partial charge in [0, 0.05) is 18.1 Å². The molecule has 0 aromatic carbocycles. The molecule has 1 aliphatic rings. The van der Waals surface area contributed by atoms with Gasteiger partial charge in [-0.25, -0.2) is 9.67 Å². The molecule has 1 fully saturated rings. The first-order valence-corrected chi connectivity index (χ1v) is 7.46. The zero-order valence-electron chi connectivity index (χ0n) is 12.5. The van der Waals surface area contributed by atoms with Crippen molar-refractivity contribution in [2.45, 2.75) is 64.6 Å². The normalized spacial score (nSPS) is 18.6. The van der Waals surface area contributed by atoms with E-state index < -0.39 is 0 Å². The largest absolute Gasteiger partial charge is 0.329 e. The Morgan fingerprint density at radius 1 is 1.42 bits per heavy atom. The van der Waals surface area contributed by atoms with Gasteiger partial charge in [0.2, 0.25) is 0 Å². The maximum absolute atomic E-state index is 6.09. The average Bonchev–Trinajstić information content (AvgIpc) is 3.05. The molecule has 0 unspecified atom stereocenters. The highest BCUT2D eigenvalue weighted by molar-refractivity contribution is 4.98. The summed E-state index contributed by atoms with van der Waals surface area (Å²) in [5.41, 5.74) is 6.27. The summed E-state index contributed by atoms with van der Waals surface area (Å²) in [5, 5.41) is 4.33. The Balaban J connectivity index is 2.16. The molecule has 1 saturated carbocycles. The number of nitrogens with zero attached hydrogens (tertiary/aromatic N) is 4. The lowest BCUT2D eigenvalue weighted by Gasteiger charge is -2.40. The summed E-state index contributed by atoms with van der Waals surface area (Å²) in [7, 11) is 0. The fourth-order valence-electron chi connectivity index (χ4n) is 3.29. The van der Waals surface area contributed by atoms with E-state index in [2.05, 4.69) is 35.8 Å². The number of nitrogens with two attached hydrogens (primary N) is 1. The van der Waals surface area contributed by atoms with Crippen LogP contribution in [0.2, 0.25) is 0 Å². The van der Waals surface area contributed by atoms with Crippen LogP contribution < -0.4 is 5.73 Å². The van der Waals surface area contributed by atoms with E-state index in [1.54, 1.807) is 6.33 Å². The predicted octanol–water partition coefficient (Wildman–Crippen LogP) is 1.95. The summed E-state index contributed by atoms with van der Waals surface area (Å²) >= 11 is 0. The maximum atomic E-state index is 6.09. The lowest BCUT2D eigenvalue weighted by atomic mass is 9.95. The van der Waals surface area contributed by atoms with E-state index >= 15 is 0 Å². The van der Waals surface area contributed by atoms with Gasteiger partial charge >= 0.3 is 0 Å². The summed E-state index contributed by atoms with van der Waals surface area (Å²) in [6.45, 7) is 9.11. The summed E-state index contributed by atoms with van der Waals surface area (Å²) in [4.78, 5) is 6.93. The average molecular weight is 265 g/mol. The van der Waals surface area contributed by atoms with Crippen molar-refractivity contribution in [1.82, 2.24) is 19.7 Å². The van der Waals surface area contributed by atoms with E-state index in [1.807, 2.05) is 4.68 Å². The number of hydrogen-bond donors (Lipinski definition) is 1. The minimum absolute atomic E-state index is 0.183. The molecule has 1 aromatic heterocycles. The third-order valence-corrected chi connectivity index (χ3v) is 4.44. The van der Waals surface area contributed by atoms with Gasteiger partial charge < -0.3 is 5.73 Å². The Hall–Kier alpha value is -0.940. The maximum Gasteiger partial charge on any atom is 0.141 e. The molecule has 5 nitrogen and oxygen atoms in total. The second kappa shape index (κ2) is 6.01. The van der Waals surface area contributed by atoms with Gasteiger partial charge in [-0.3, -0.25) is 4.90 Å². The summed E-state index contributed by atoms with van der Waals surface area (Å²) in [6.07, 6.45) is 6.68. The molecule has 0 aliphatic heterocycles. The lowest BCUT2D eigenvalue weighted by molar-refractivity contribution is 0.0918. The first-order valence-electron chi connectivity index (χ1n) is 7.46. The molecule has 2 N–H and O–H groups in total. The molecule has 0 saturated heterocycles. The number of likely N-dealkylation sites (N-methyl/N-ethyl adjacent to an activating group) is 1. The molecule has 108 valence electrons. The summed E-state index contributed by atoms with van der Waals surface area (Å²) in [5.74, 6) is 1.05. The summed E-state index contributed by atoms with van der Waals surface area (Å²) in [6, 6.07) is 0.355. The Morgan fingerprint density at radius 2 is 2.11 bits per heavy atom. The lowest BCUT2D eigenvalue weighted by Crippen LogP contribution is -2.51. The molecular formula is C14H27N5. The Morgan fingerprint density at radius 3 is 2.63 bits per heavy atom. The highest BCUT2D eigenvalue weighted by Crippen LogP contribution is 2.35. The van der Waals surface area contributed by atoms with Crippen molar-refractivity contribution in [3.63, 3.8) is 0 Å². The van der Waals surface area contributed by atoms with E-state index in [9.17, 15) is 0 Å². The van der Waals surface area contributed by atoms with Crippen LogP contribution >= 0.6 is 0 Å². The molecule has 1 aliphatic carbocycles. The van der Waals surface area contributed by atoms with Gasteiger partial charge in [-0.1, -0.05) is 19.8 Å². The minimum Gasteiger partial charge on any atom is -0.329 e. The molecule has 0 amide bonds.